The SMILES string of the molecule is CCC(C)n1ccc(CC(=O)C2CCNCC2)n1. The van der Waals surface area contributed by atoms with E-state index >= 15 is 0 Å². The van der Waals surface area contributed by atoms with Gasteiger partial charge in [-0.15, -0.1) is 0 Å². The first-order valence-corrected chi connectivity index (χ1v) is 6.98. The van der Waals surface area contributed by atoms with Crippen molar-refractivity contribution in [1.82, 2.24) is 15.1 Å². The fourth-order valence-corrected chi connectivity index (χ4v) is 2.37. The van der Waals surface area contributed by atoms with Crippen LogP contribution in [-0.2, 0) is 11.2 Å². The number of rotatable bonds is 5. The van der Waals surface area contributed by atoms with Crippen LogP contribution in [0, 0.1) is 5.92 Å². The standard InChI is InChI=1S/C14H23N3O/c1-3-11(2)17-9-6-13(16-17)10-14(18)12-4-7-15-8-5-12/h6,9,11-12,15H,3-5,7-8,10H2,1-2H3. The van der Waals surface area contributed by atoms with Gasteiger partial charge in [0.1, 0.15) is 5.78 Å². The number of ketones is 1. The fourth-order valence-electron chi connectivity index (χ4n) is 2.37. The van der Waals surface area contributed by atoms with Crippen LogP contribution in [0.15, 0.2) is 12.3 Å². The Morgan fingerprint density at radius 1 is 1.56 bits per heavy atom. The summed E-state index contributed by atoms with van der Waals surface area (Å²) in [6, 6.07) is 2.39. The molecule has 4 nitrogen and oxygen atoms in total. The van der Waals surface area contributed by atoms with Crippen LogP contribution < -0.4 is 5.32 Å². The van der Waals surface area contributed by atoms with E-state index in [1.807, 2.05) is 16.9 Å². The summed E-state index contributed by atoms with van der Waals surface area (Å²) in [5, 5.41) is 7.78. The average molecular weight is 249 g/mol. The summed E-state index contributed by atoms with van der Waals surface area (Å²) in [5.41, 5.74) is 0.916. The molecule has 18 heavy (non-hydrogen) atoms. The number of nitrogens with zero attached hydrogens (tertiary/aromatic N) is 2. The number of nitrogens with one attached hydrogen (secondary N) is 1. The normalized spacial score (nSPS) is 18.8. The van der Waals surface area contributed by atoms with Gasteiger partial charge in [0, 0.05) is 18.2 Å². The molecule has 100 valence electrons. The Bertz CT molecular complexity index is 393. The zero-order chi connectivity index (χ0) is 13.0. The zero-order valence-corrected chi connectivity index (χ0v) is 11.4. The van der Waals surface area contributed by atoms with Crippen LogP contribution in [0.1, 0.15) is 44.8 Å². The maximum Gasteiger partial charge on any atom is 0.142 e. The van der Waals surface area contributed by atoms with Gasteiger partial charge in [0.05, 0.1) is 12.1 Å². The molecule has 2 rings (SSSR count). The van der Waals surface area contributed by atoms with Crippen LogP contribution >= 0.6 is 0 Å². The van der Waals surface area contributed by atoms with Gasteiger partial charge in [-0.05, 0) is 45.3 Å². The summed E-state index contributed by atoms with van der Waals surface area (Å²) < 4.78 is 1.96. The third kappa shape index (κ3) is 3.19. The number of piperidine rings is 1. The predicted molar refractivity (Wildman–Crippen MR) is 71.5 cm³/mol. The second-order valence-corrected chi connectivity index (χ2v) is 5.21. The predicted octanol–water partition coefficient (Wildman–Crippen LogP) is 1.97. The van der Waals surface area contributed by atoms with Gasteiger partial charge in [-0.3, -0.25) is 9.48 Å². The number of hydrogen-bond donors (Lipinski definition) is 1. The third-order valence-corrected chi connectivity index (χ3v) is 3.86. The molecule has 0 aromatic carbocycles. The van der Waals surface area contributed by atoms with Crippen molar-refractivity contribution < 1.29 is 4.79 Å². The topological polar surface area (TPSA) is 46.9 Å². The van der Waals surface area contributed by atoms with Crippen LogP contribution in [0.2, 0.25) is 0 Å². The molecule has 1 fully saturated rings. The van der Waals surface area contributed by atoms with E-state index in [2.05, 4.69) is 24.3 Å². The molecule has 1 aromatic rings. The number of carbonyl (C=O) groups is 1. The van der Waals surface area contributed by atoms with Crippen molar-refractivity contribution in [3.63, 3.8) is 0 Å². The molecule has 1 aliphatic heterocycles. The molecule has 0 radical (unpaired) electrons. The molecule has 0 spiro atoms. The van der Waals surface area contributed by atoms with Gasteiger partial charge in [-0.2, -0.15) is 5.10 Å². The van der Waals surface area contributed by atoms with Gasteiger partial charge in [-0.25, -0.2) is 0 Å². The lowest BCUT2D eigenvalue weighted by atomic mass is 9.91. The Labute approximate surface area is 109 Å². The highest BCUT2D eigenvalue weighted by Gasteiger charge is 2.21. The highest BCUT2D eigenvalue weighted by atomic mass is 16.1. The van der Waals surface area contributed by atoms with Crippen LogP contribution in [0.3, 0.4) is 0 Å². The minimum atomic E-state index is 0.236. The molecule has 0 amide bonds. The molecule has 2 heterocycles. The van der Waals surface area contributed by atoms with E-state index in [-0.39, 0.29) is 5.92 Å². The van der Waals surface area contributed by atoms with E-state index in [0.717, 1.165) is 38.0 Å². The van der Waals surface area contributed by atoms with Gasteiger partial charge < -0.3 is 5.32 Å². The molecule has 1 aromatic heterocycles. The van der Waals surface area contributed by atoms with Crippen LogP contribution in [-0.4, -0.2) is 28.7 Å². The average Bonchev–Trinajstić information content (AvgIpc) is 2.87. The van der Waals surface area contributed by atoms with Gasteiger partial charge >= 0.3 is 0 Å². The van der Waals surface area contributed by atoms with Crippen molar-refractivity contribution in [2.75, 3.05) is 13.1 Å². The summed E-state index contributed by atoms with van der Waals surface area (Å²) in [6.07, 6.45) is 5.49. The molecule has 1 saturated heterocycles. The maximum absolute atomic E-state index is 12.1. The lowest BCUT2D eigenvalue weighted by Gasteiger charge is -2.20. The Hall–Kier alpha value is -1.16. The second-order valence-electron chi connectivity index (χ2n) is 5.21. The summed E-state index contributed by atoms with van der Waals surface area (Å²) >= 11 is 0. The van der Waals surface area contributed by atoms with E-state index < -0.39 is 0 Å². The largest absolute Gasteiger partial charge is 0.317 e. The lowest BCUT2D eigenvalue weighted by Crippen LogP contribution is -2.32. The molecule has 0 aliphatic carbocycles. The molecule has 4 heteroatoms. The van der Waals surface area contributed by atoms with E-state index in [0.29, 0.717) is 18.2 Å². The fraction of sp³-hybridized carbons (Fsp3) is 0.714. The molecular formula is C14H23N3O. The number of carbonyl (C=O) groups excluding carboxylic acids is 1. The highest BCUT2D eigenvalue weighted by Crippen LogP contribution is 2.16. The molecular weight excluding hydrogens is 226 g/mol. The molecule has 0 bridgehead atoms. The van der Waals surface area contributed by atoms with E-state index in [9.17, 15) is 4.79 Å². The highest BCUT2D eigenvalue weighted by molar-refractivity contribution is 5.83. The first-order chi connectivity index (χ1) is 8.70. The first kappa shape index (κ1) is 13.3. The van der Waals surface area contributed by atoms with Crippen LogP contribution in [0.25, 0.3) is 0 Å². The summed E-state index contributed by atoms with van der Waals surface area (Å²) in [4.78, 5) is 12.1. The van der Waals surface area contributed by atoms with Gasteiger partial charge in [-0.1, -0.05) is 6.92 Å². The van der Waals surface area contributed by atoms with E-state index in [4.69, 9.17) is 0 Å². The minimum Gasteiger partial charge on any atom is -0.317 e. The number of Topliss-reactive ketones (excluding diaryl/α,β-unsaturated/α-hetero) is 1. The zero-order valence-electron chi connectivity index (χ0n) is 11.4. The quantitative estimate of drug-likeness (QED) is 0.868. The molecule has 1 atom stereocenters. The Morgan fingerprint density at radius 2 is 2.28 bits per heavy atom. The van der Waals surface area contributed by atoms with Crippen molar-refractivity contribution in [3.8, 4) is 0 Å². The Kier molecular flexibility index (Phi) is 4.53. The van der Waals surface area contributed by atoms with Crippen molar-refractivity contribution in [3.05, 3.63) is 18.0 Å². The van der Waals surface area contributed by atoms with Crippen molar-refractivity contribution in [2.45, 2.75) is 45.6 Å². The van der Waals surface area contributed by atoms with Crippen molar-refractivity contribution >= 4 is 5.78 Å². The van der Waals surface area contributed by atoms with Crippen molar-refractivity contribution in [2.24, 2.45) is 5.92 Å². The monoisotopic (exact) mass is 249 g/mol. The Balaban J connectivity index is 1.92. The van der Waals surface area contributed by atoms with E-state index in [1.54, 1.807) is 0 Å². The molecule has 1 aliphatic rings. The first-order valence-electron chi connectivity index (χ1n) is 6.98. The molecule has 1 unspecified atom stereocenters. The van der Waals surface area contributed by atoms with E-state index in [1.165, 1.54) is 0 Å². The third-order valence-electron chi connectivity index (χ3n) is 3.86. The van der Waals surface area contributed by atoms with Crippen molar-refractivity contribution in [1.29, 1.82) is 0 Å². The lowest BCUT2D eigenvalue weighted by molar-refractivity contribution is -0.123. The summed E-state index contributed by atoms with van der Waals surface area (Å²) in [7, 11) is 0. The molecule has 0 saturated carbocycles. The number of hydrogen-bond acceptors (Lipinski definition) is 3. The molecule has 1 N–H and O–H groups in total. The van der Waals surface area contributed by atoms with Gasteiger partial charge in [0.25, 0.3) is 0 Å². The smallest absolute Gasteiger partial charge is 0.142 e. The van der Waals surface area contributed by atoms with Gasteiger partial charge in [0.2, 0.25) is 0 Å². The summed E-state index contributed by atoms with van der Waals surface area (Å²) in [6.45, 7) is 6.23. The minimum absolute atomic E-state index is 0.236. The van der Waals surface area contributed by atoms with Crippen LogP contribution in [0.5, 0.6) is 0 Å². The maximum atomic E-state index is 12.1. The summed E-state index contributed by atoms with van der Waals surface area (Å²) in [5.74, 6) is 0.589. The van der Waals surface area contributed by atoms with Crippen LogP contribution in [0.4, 0.5) is 0 Å². The second kappa shape index (κ2) is 6.14. The Morgan fingerprint density at radius 3 is 2.94 bits per heavy atom. The number of aromatic nitrogens is 2. The van der Waals surface area contributed by atoms with Gasteiger partial charge in [0.15, 0.2) is 0 Å².